The van der Waals surface area contributed by atoms with Crippen LogP contribution in [-0.4, -0.2) is 24.5 Å². The number of amides is 1. The van der Waals surface area contributed by atoms with Gasteiger partial charge in [-0.05, 0) is 49.2 Å². The van der Waals surface area contributed by atoms with Crippen molar-refractivity contribution in [3.05, 3.63) is 89.7 Å². The molecule has 2 aromatic carbocycles. The molecule has 0 fully saturated rings. The highest BCUT2D eigenvalue weighted by Gasteiger charge is 2.18. The summed E-state index contributed by atoms with van der Waals surface area (Å²) in [4.78, 5) is 21.3. The second kappa shape index (κ2) is 8.49. The summed E-state index contributed by atoms with van der Waals surface area (Å²) < 4.78 is 0. The SMILES string of the molecule is CCN(C(=O)c1cc(N(C)Cc2ccccc2)ccn1)c1cccc(C)c1. The smallest absolute Gasteiger partial charge is 0.276 e. The molecular formula is C23H25N3O. The first-order chi connectivity index (χ1) is 13.1. The number of nitrogens with zero attached hydrogens (tertiary/aromatic N) is 3. The molecule has 3 rings (SSSR count). The molecule has 1 heterocycles. The van der Waals surface area contributed by atoms with Crippen molar-refractivity contribution < 1.29 is 4.79 Å². The van der Waals surface area contributed by atoms with Crippen LogP contribution in [0.25, 0.3) is 0 Å². The minimum atomic E-state index is -0.0851. The number of carbonyl (C=O) groups excluding carboxylic acids is 1. The van der Waals surface area contributed by atoms with Gasteiger partial charge >= 0.3 is 0 Å². The lowest BCUT2D eigenvalue weighted by Crippen LogP contribution is -2.31. The van der Waals surface area contributed by atoms with Crippen LogP contribution in [0.5, 0.6) is 0 Å². The quantitative estimate of drug-likeness (QED) is 0.640. The minimum Gasteiger partial charge on any atom is -0.370 e. The van der Waals surface area contributed by atoms with E-state index in [2.05, 4.69) is 22.0 Å². The van der Waals surface area contributed by atoms with Crippen LogP contribution in [-0.2, 0) is 6.54 Å². The maximum Gasteiger partial charge on any atom is 0.276 e. The monoisotopic (exact) mass is 359 g/mol. The standard InChI is InChI=1S/C23H25N3O/c1-4-26(21-12-8-9-18(2)15-21)23(27)22-16-20(13-14-24-22)25(3)17-19-10-6-5-7-11-19/h5-16H,4,17H2,1-3H3. The number of hydrogen-bond acceptors (Lipinski definition) is 3. The van der Waals surface area contributed by atoms with Crippen molar-refractivity contribution in [3.63, 3.8) is 0 Å². The van der Waals surface area contributed by atoms with Gasteiger partial charge < -0.3 is 9.80 Å². The molecule has 138 valence electrons. The van der Waals surface area contributed by atoms with Gasteiger partial charge in [-0.15, -0.1) is 0 Å². The predicted octanol–water partition coefficient (Wildman–Crippen LogP) is 4.69. The zero-order chi connectivity index (χ0) is 19.2. The van der Waals surface area contributed by atoms with E-state index in [1.807, 2.05) is 75.5 Å². The van der Waals surface area contributed by atoms with Gasteiger partial charge in [0.25, 0.3) is 5.91 Å². The molecule has 0 aliphatic carbocycles. The van der Waals surface area contributed by atoms with Crippen LogP contribution in [0.15, 0.2) is 72.9 Å². The summed E-state index contributed by atoms with van der Waals surface area (Å²) in [7, 11) is 2.02. The van der Waals surface area contributed by atoms with Crippen molar-refractivity contribution >= 4 is 17.3 Å². The van der Waals surface area contributed by atoms with Gasteiger partial charge in [0, 0.05) is 37.7 Å². The van der Waals surface area contributed by atoms with E-state index in [0.29, 0.717) is 12.2 Å². The van der Waals surface area contributed by atoms with Crippen LogP contribution in [0.2, 0.25) is 0 Å². The van der Waals surface area contributed by atoms with Crippen molar-refractivity contribution in [1.82, 2.24) is 4.98 Å². The minimum absolute atomic E-state index is 0.0851. The van der Waals surface area contributed by atoms with Crippen LogP contribution in [0.3, 0.4) is 0 Å². The number of carbonyl (C=O) groups is 1. The summed E-state index contributed by atoms with van der Waals surface area (Å²) in [6, 6.07) is 22.0. The topological polar surface area (TPSA) is 36.4 Å². The molecule has 1 aromatic heterocycles. The Hall–Kier alpha value is -3.14. The van der Waals surface area contributed by atoms with E-state index in [-0.39, 0.29) is 5.91 Å². The van der Waals surface area contributed by atoms with E-state index in [0.717, 1.165) is 23.5 Å². The highest BCUT2D eigenvalue weighted by molar-refractivity contribution is 6.05. The molecule has 0 unspecified atom stereocenters. The van der Waals surface area contributed by atoms with Gasteiger partial charge in [-0.2, -0.15) is 0 Å². The van der Waals surface area contributed by atoms with E-state index < -0.39 is 0 Å². The number of benzene rings is 2. The lowest BCUT2D eigenvalue weighted by atomic mass is 10.2. The van der Waals surface area contributed by atoms with Crippen molar-refractivity contribution in [1.29, 1.82) is 0 Å². The fourth-order valence-electron chi connectivity index (χ4n) is 3.10. The molecule has 0 aliphatic rings. The predicted molar refractivity (Wildman–Crippen MR) is 111 cm³/mol. The van der Waals surface area contributed by atoms with E-state index in [4.69, 9.17) is 0 Å². The van der Waals surface area contributed by atoms with Crippen LogP contribution in [0.4, 0.5) is 11.4 Å². The average molecular weight is 359 g/mol. The van der Waals surface area contributed by atoms with Gasteiger partial charge in [-0.3, -0.25) is 9.78 Å². The number of anilines is 2. The summed E-state index contributed by atoms with van der Waals surface area (Å²) >= 11 is 0. The van der Waals surface area contributed by atoms with Crippen LogP contribution < -0.4 is 9.80 Å². The molecule has 0 bridgehead atoms. The molecule has 0 saturated carbocycles. The van der Waals surface area contributed by atoms with Gasteiger partial charge in [0.2, 0.25) is 0 Å². The molecule has 3 aromatic rings. The Balaban J connectivity index is 1.82. The van der Waals surface area contributed by atoms with Crippen molar-refractivity contribution in [2.45, 2.75) is 20.4 Å². The summed E-state index contributed by atoms with van der Waals surface area (Å²) in [5, 5.41) is 0. The van der Waals surface area contributed by atoms with Crippen LogP contribution >= 0.6 is 0 Å². The van der Waals surface area contributed by atoms with E-state index in [9.17, 15) is 4.79 Å². The van der Waals surface area contributed by atoms with Crippen LogP contribution in [0, 0.1) is 6.92 Å². The van der Waals surface area contributed by atoms with E-state index >= 15 is 0 Å². The molecule has 1 amide bonds. The van der Waals surface area contributed by atoms with Gasteiger partial charge in [0.1, 0.15) is 5.69 Å². The molecule has 0 radical (unpaired) electrons. The second-order valence-electron chi connectivity index (χ2n) is 6.63. The Morgan fingerprint density at radius 1 is 0.963 bits per heavy atom. The zero-order valence-electron chi connectivity index (χ0n) is 16.1. The Morgan fingerprint density at radius 3 is 2.44 bits per heavy atom. The number of rotatable bonds is 6. The lowest BCUT2D eigenvalue weighted by Gasteiger charge is -2.23. The first-order valence-corrected chi connectivity index (χ1v) is 9.18. The zero-order valence-corrected chi connectivity index (χ0v) is 16.1. The first-order valence-electron chi connectivity index (χ1n) is 9.18. The molecule has 0 saturated heterocycles. The Labute approximate surface area is 161 Å². The lowest BCUT2D eigenvalue weighted by molar-refractivity contribution is 0.0983. The summed E-state index contributed by atoms with van der Waals surface area (Å²) in [5.41, 5.74) is 4.67. The third kappa shape index (κ3) is 4.53. The van der Waals surface area contributed by atoms with Gasteiger partial charge in [0.05, 0.1) is 0 Å². The maximum atomic E-state index is 13.1. The molecule has 27 heavy (non-hydrogen) atoms. The molecular weight excluding hydrogens is 334 g/mol. The number of aromatic nitrogens is 1. The highest BCUT2D eigenvalue weighted by atomic mass is 16.2. The fourth-order valence-corrected chi connectivity index (χ4v) is 3.10. The van der Waals surface area contributed by atoms with Gasteiger partial charge in [-0.1, -0.05) is 42.5 Å². The average Bonchev–Trinajstić information content (AvgIpc) is 2.69. The van der Waals surface area contributed by atoms with Gasteiger partial charge in [-0.25, -0.2) is 0 Å². The van der Waals surface area contributed by atoms with E-state index in [1.165, 1.54) is 5.56 Å². The number of pyridine rings is 1. The third-order valence-electron chi connectivity index (χ3n) is 4.54. The third-order valence-corrected chi connectivity index (χ3v) is 4.54. The summed E-state index contributed by atoms with van der Waals surface area (Å²) in [6.07, 6.45) is 1.70. The summed E-state index contributed by atoms with van der Waals surface area (Å²) in [5.74, 6) is -0.0851. The van der Waals surface area contributed by atoms with Crippen molar-refractivity contribution in [2.75, 3.05) is 23.4 Å². The molecule has 0 atom stereocenters. The molecule has 0 spiro atoms. The number of hydrogen-bond donors (Lipinski definition) is 0. The largest absolute Gasteiger partial charge is 0.370 e. The molecule has 0 N–H and O–H groups in total. The molecule has 4 heteroatoms. The molecule has 4 nitrogen and oxygen atoms in total. The Kier molecular flexibility index (Phi) is 5.87. The number of aryl methyl sites for hydroxylation is 1. The van der Waals surface area contributed by atoms with E-state index in [1.54, 1.807) is 11.1 Å². The summed E-state index contributed by atoms with van der Waals surface area (Å²) in [6.45, 7) is 5.37. The maximum absolute atomic E-state index is 13.1. The fraction of sp³-hybridized carbons (Fsp3) is 0.217. The van der Waals surface area contributed by atoms with Crippen LogP contribution in [0.1, 0.15) is 28.5 Å². The van der Waals surface area contributed by atoms with Crippen molar-refractivity contribution in [3.8, 4) is 0 Å². The first kappa shape index (κ1) is 18.6. The normalized spacial score (nSPS) is 10.5. The Bertz CT molecular complexity index is 908. The Morgan fingerprint density at radius 2 is 1.74 bits per heavy atom. The van der Waals surface area contributed by atoms with Crippen molar-refractivity contribution in [2.24, 2.45) is 0 Å². The molecule has 0 aliphatic heterocycles. The van der Waals surface area contributed by atoms with Gasteiger partial charge in [0.15, 0.2) is 0 Å². The highest BCUT2D eigenvalue weighted by Crippen LogP contribution is 2.21. The second-order valence-corrected chi connectivity index (χ2v) is 6.63.